The Hall–Kier alpha value is -1.76. The maximum Gasteiger partial charge on any atom is 0.416 e. The molecule has 21 heavy (non-hydrogen) atoms. The molecule has 0 bridgehead atoms. The molecule has 2 rings (SSSR count). The zero-order valence-electron chi connectivity index (χ0n) is 11.4. The van der Waals surface area contributed by atoms with E-state index in [1.165, 1.54) is 12.1 Å². The Morgan fingerprint density at radius 3 is 2.62 bits per heavy atom. The molecule has 0 atom stereocenters. The lowest BCUT2D eigenvalue weighted by molar-refractivity contribution is -0.137. The molecule has 1 aliphatic carbocycles. The Balaban J connectivity index is 1.91. The summed E-state index contributed by atoms with van der Waals surface area (Å²) in [5, 5.41) is 2.28. The molecule has 0 aliphatic heterocycles. The molecule has 0 aromatic heterocycles. The molecular weight excluding hydrogens is 285 g/mol. The number of alkyl halides is 3. The van der Waals surface area contributed by atoms with Crippen molar-refractivity contribution >= 4 is 11.8 Å². The van der Waals surface area contributed by atoms with E-state index in [1.54, 1.807) is 0 Å². The summed E-state index contributed by atoms with van der Waals surface area (Å²) < 4.78 is 42.6. The molecule has 1 aliphatic rings. The Morgan fingerprint density at radius 1 is 1.33 bits per heavy atom. The lowest BCUT2D eigenvalue weighted by atomic mass is 10.0. The third-order valence-corrected chi connectivity index (χ3v) is 3.53. The lowest BCUT2D eigenvalue weighted by Gasteiger charge is -2.22. The van der Waals surface area contributed by atoms with Crippen molar-refractivity contribution in [3.05, 3.63) is 29.8 Å². The number of carbonyl (C=O) groups excluding carboxylic acids is 1. The summed E-state index contributed by atoms with van der Waals surface area (Å²) in [6.45, 7) is 0.0673. The number of nitrogens with one attached hydrogen (secondary N) is 1. The van der Waals surface area contributed by atoms with Crippen molar-refractivity contribution < 1.29 is 22.7 Å². The van der Waals surface area contributed by atoms with E-state index in [1.807, 2.05) is 0 Å². The van der Waals surface area contributed by atoms with E-state index in [9.17, 15) is 18.0 Å². The van der Waals surface area contributed by atoms with E-state index in [0.29, 0.717) is 0 Å². The van der Waals surface area contributed by atoms with Crippen molar-refractivity contribution in [2.45, 2.75) is 37.4 Å². The van der Waals surface area contributed by atoms with Gasteiger partial charge in [0, 0.05) is 5.69 Å². The van der Waals surface area contributed by atoms with Gasteiger partial charge in [-0.05, 0) is 31.0 Å². The maximum absolute atomic E-state index is 12.5. The van der Waals surface area contributed by atoms with Gasteiger partial charge in [-0.25, -0.2) is 4.79 Å². The first-order valence-electron chi connectivity index (χ1n) is 6.68. The molecular formula is C14H17F3N2O2. The van der Waals surface area contributed by atoms with Crippen LogP contribution in [0.25, 0.3) is 0 Å². The van der Waals surface area contributed by atoms with Crippen LogP contribution in [0.4, 0.5) is 23.7 Å². The van der Waals surface area contributed by atoms with Crippen LogP contribution in [-0.4, -0.2) is 18.2 Å². The number of hydrogen-bond donors (Lipinski definition) is 2. The highest BCUT2D eigenvalue weighted by atomic mass is 19.4. The maximum atomic E-state index is 12.5. The van der Waals surface area contributed by atoms with Crippen LogP contribution in [0.2, 0.25) is 0 Å². The fourth-order valence-electron chi connectivity index (χ4n) is 2.36. The summed E-state index contributed by atoms with van der Waals surface area (Å²) in [5.74, 6) is 0. The van der Waals surface area contributed by atoms with Gasteiger partial charge in [-0.3, -0.25) is 5.32 Å². The Kier molecular flexibility index (Phi) is 4.41. The molecule has 1 aromatic rings. The predicted molar refractivity (Wildman–Crippen MR) is 71.8 cm³/mol. The van der Waals surface area contributed by atoms with Gasteiger partial charge in [0.1, 0.15) is 6.61 Å². The van der Waals surface area contributed by atoms with Crippen LogP contribution in [0.3, 0.4) is 0 Å². The average Bonchev–Trinajstić information content (AvgIpc) is 2.83. The van der Waals surface area contributed by atoms with Gasteiger partial charge in [0.25, 0.3) is 0 Å². The molecule has 3 N–H and O–H groups in total. The van der Waals surface area contributed by atoms with E-state index in [-0.39, 0.29) is 12.3 Å². The van der Waals surface area contributed by atoms with Crippen molar-refractivity contribution in [2.75, 3.05) is 11.9 Å². The second-order valence-electron chi connectivity index (χ2n) is 5.35. The van der Waals surface area contributed by atoms with Gasteiger partial charge in [-0.2, -0.15) is 13.2 Å². The second kappa shape index (κ2) is 5.93. The summed E-state index contributed by atoms with van der Waals surface area (Å²) in [6.07, 6.45) is -1.70. The van der Waals surface area contributed by atoms with Crippen LogP contribution >= 0.6 is 0 Å². The van der Waals surface area contributed by atoms with Crippen LogP contribution in [0.5, 0.6) is 0 Å². The largest absolute Gasteiger partial charge is 0.447 e. The Labute approximate surface area is 120 Å². The van der Waals surface area contributed by atoms with Gasteiger partial charge < -0.3 is 10.5 Å². The first kappa shape index (κ1) is 15.6. The fourth-order valence-corrected chi connectivity index (χ4v) is 2.36. The number of halogens is 3. The number of hydrogen-bond acceptors (Lipinski definition) is 3. The number of anilines is 1. The SMILES string of the molecule is NC1(COC(=O)Nc2cccc(C(F)(F)F)c2)CCCC1. The van der Waals surface area contributed by atoms with Gasteiger partial charge in [0.2, 0.25) is 0 Å². The molecule has 0 saturated heterocycles. The number of rotatable bonds is 3. The number of amides is 1. The van der Waals surface area contributed by atoms with Crippen LogP contribution < -0.4 is 11.1 Å². The van der Waals surface area contributed by atoms with Crippen molar-refractivity contribution in [2.24, 2.45) is 5.73 Å². The molecule has 0 spiro atoms. The standard InChI is InChI=1S/C14H17F3N2O2/c15-14(16,17)10-4-3-5-11(8-10)19-12(20)21-9-13(18)6-1-2-7-13/h3-5,8H,1-2,6-7,9,18H2,(H,19,20). The number of carbonyl (C=O) groups is 1. The van der Waals surface area contributed by atoms with Crippen LogP contribution in [0.15, 0.2) is 24.3 Å². The molecule has 7 heteroatoms. The number of benzene rings is 1. The molecule has 4 nitrogen and oxygen atoms in total. The highest BCUT2D eigenvalue weighted by molar-refractivity contribution is 5.84. The first-order valence-corrected chi connectivity index (χ1v) is 6.68. The van der Waals surface area contributed by atoms with Crippen LogP contribution in [-0.2, 0) is 10.9 Å². The van der Waals surface area contributed by atoms with Gasteiger partial charge in [-0.15, -0.1) is 0 Å². The zero-order chi connectivity index (χ0) is 15.5. The fraction of sp³-hybridized carbons (Fsp3) is 0.500. The summed E-state index contributed by atoms with van der Waals surface area (Å²) in [5.41, 5.74) is 4.73. The topological polar surface area (TPSA) is 64.3 Å². The summed E-state index contributed by atoms with van der Waals surface area (Å²) in [7, 11) is 0. The minimum atomic E-state index is -4.45. The van der Waals surface area contributed by atoms with Crippen molar-refractivity contribution in [1.82, 2.24) is 0 Å². The predicted octanol–water partition coefficient (Wildman–Crippen LogP) is 3.53. The molecule has 0 heterocycles. The minimum Gasteiger partial charge on any atom is -0.447 e. The van der Waals surface area contributed by atoms with Crippen molar-refractivity contribution in [3.63, 3.8) is 0 Å². The monoisotopic (exact) mass is 302 g/mol. The molecule has 0 unspecified atom stereocenters. The molecule has 116 valence electrons. The number of ether oxygens (including phenoxy) is 1. The first-order chi connectivity index (χ1) is 9.78. The van der Waals surface area contributed by atoms with Crippen molar-refractivity contribution in [1.29, 1.82) is 0 Å². The molecule has 1 amide bonds. The van der Waals surface area contributed by atoms with Gasteiger partial charge >= 0.3 is 12.3 Å². The smallest absolute Gasteiger partial charge is 0.416 e. The molecule has 1 saturated carbocycles. The highest BCUT2D eigenvalue weighted by Crippen LogP contribution is 2.31. The Bertz CT molecular complexity index is 511. The third kappa shape index (κ3) is 4.35. The summed E-state index contributed by atoms with van der Waals surface area (Å²) in [4.78, 5) is 11.6. The van der Waals surface area contributed by atoms with Gasteiger partial charge in [-0.1, -0.05) is 18.9 Å². The molecule has 0 radical (unpaired) electrons. The van der Waals surface area contributed by atoms with Crippen LogP contribution in [0, 0.1) is 0 Å². The molecule has 1 aromatic carbocycles. The number of nitrogens with two attached hydrogens (primary N) is 1. The van der Waals surface area contributed by atoms with E-state index in [4.69, 9.17) is 10.5 Å². The zero-order valence-corrected chi connectivity index (χ0v) is 11.4. The van der Waals surface area contributed by atoms with Crippen LogP contribution in [0.1, 0.15) is 31.2 Å². The third-order valence-electron chi connectivity index (χ3n) is 3.53. The quantitative estimate of drug-likeness (QED) is 0.897. The van der Waals surface area contributed by atoms with Gasteiger partial charge in [0.15, 0.2) is 0 Å². The minimum absolute atomic E-state index is 0.0346. The van der Waals surface area contributed by atoms with E-state index in [2.05, 4.69) is 5.32 Å². The van der Waals surface area contributed by atoms with E-state index >= 15 is 0 Å². The van der Waals surface area contributed by atoms with E-state index in [0.717, 1.165) is 37.8 Å². The summed E-state index contributed by atoms with van der Waals surface area (Å²) >= 11 is 0. The second-order valence-corrected chi connectivity index (χ2v) is 5.35. The molecule has 1 fully saturated rings. The van der Waals surface area contributed by atoms with Gasteiger partial charge in [0.05, 0.1) is 11.1 Å². The Morgan fingerprint density at radius 2 is 2.00 bits per heavy atom. The lowest BCUT2D eigenvalue weighted by Crippen LogP contribution is -2.42. The highest BCUT2D eigenvalue weighted by Gasteiger charge is 2.32. The van der Waals surface area contributed by atoms with E-state index < -0.39 is 23.4 Å². The summed E-state index contributed by atoms with van der Waals surface area (Å²) in [6, 6.07) is 4.38. The normalized spacial score (nSPS) is 17.5. The van der Waals surface area contributed by atoms with Crippen molar-refractivity contribution in [3.8, 4) is 0 Å². The average molecular weight is 302 g/mol.